The van der Waals surface area contributed by atoms with Crippen molar-refractivity contribution in [1.29, 1.82) is 0 Å². The van der Waals surface area contributed by atoms with Gasteiger partial charge in [-0.25, -0.2) is 0 Å². The van der Waals surface area contributed by atoms with Crippen LogP contribution in [0.15, 0.2) is 53.3 Å². The molecule has 6 nitrogen and oxygen atoms in total. The van der Waals surface area contributed by atoms with Gasteiger partial charge < -0.3 is 19.1 Å². The maximum absolute atomic E-state index is 10.3. The Labute approximate surface area is 151 Å². The summed E-state index contributed by atoms with van der Waals surface area (Å²) in [6.07, 6.45) is 1.57. The van der Waals surface area contributed by atoms with E-state index in [0.717, 1.165) is 33.9 Å². The number of aromatic hydroxyl groups is 1. The molecule has 26 heavy (non-hydrogen) atoms. The number of nitrogens with zero attached hydrogens (tertiary/aromatic N) is 2. The first kappa shape index (κ1) is 16.5. The topological polar surface area (TPSA) is 68.0 Å². The maximum Gasteiger partial charge on any atom is 0.231 e. The van der Waals surface area contributed by atoms with E-state index in [-0.39, 0.29) is 18.6 Å². The van der Waals surface area contributed by atoms with Crippen molar-refractivity contribution < 1.29 is 19.1 Å². The van der Waals surface area contributed by atoms with E-state index in [9.17, 15) is 5.11 Å². The van der Waals surface area contributed by atoms with Crippen molar-refractivity contribution in [2.45, 2.75) is 19.5 Å². The van der Waals surface area contributed by atoms with Crippen LogP contribution >= 0.6 is 0 Å². The molecule has 1 aliphatic rings. The fourth-order valence-electron chi connectivity index (χ4n) is 3.04. The van der Waals surface area contributed by atoms with Crippen molar-refractivity contribution in [3.63, 3.8) is 0 Å². The first-order valence-corrected chi connectivity index (χ1v) is 8.44. The van der Waals surface area contributed by atoms with E-state index in [2.05, 4.69) is 17.0 Å². The van der Waals surface area contributed by atoms with Crippen molar-refractivity contribution in [3.05, 3.63) is 60.0 Å². The molecule has 0 amide bonds. The maximum atomic E-state index is 10.3. The summed E-state index contributed by atoms with van der Waals surface area (Å²) in [7, 11) is 1.99. The van der Waals surface area contributed by atoms with Gasteiger partial charge in [0.2, 0.25) is 6.79 Å². The fraction of sp³-hybridized carbons (Fsp3) is 0.250. The summed E-state index contributed by atoms with van der Waals surface area (Å²) in [5, 5.41) is 14.3. The average Bonchev–Trinajstić information content (AvgIpc) is 3.33. The third-order valence-electron chi connectivity index (χ3n) is 4.75. The molecule has 0 radical (unpaired) electrons. The minimum atomic E-state index is 0.0716. The molecule has 0 saturated carbocycles. The molecule has 4 rings (SSSR count). The molecule has 2 aromatic carbocycles. The minimum Gasteiger partial charge on any atom is -0.508 e. The second-order valence-electron chi connectivity index (χ2n) is 6.43. The van der Waals surface area contributed by atoms with Crippen LogP contribution in [-0.4, -0.2) is 29.0 Å². The van der Waals surface area contributed by atoms with Gasteiger partial charge in [-0.15, -0.1) is 0 Å². The normalized spacial score (nSPS) is 14.0. The highest BCUT2D eigenvalue weighted by Gasteiger charge is 2.18. The molecule has 1 atom stereocenters. The Bertz CT molecular complexity index is 908. The van der Waals surface area contributed by atoms with Gasteiger partial charge >= 0.3 is 0 Å². The molecule has 134 valence electrons. The van der Waals surface area contributed by atoms with E-state index in [1.54, 1.807) is 12.3 Å². The van der Waals surface area contributed by atoms with Crippen molar-refractivity contribution in [3.8, 4) is 28.4 Å². The van der Waals surface area contributed by atoms with Crippen LogP contribution in [0.3, 0.4) is 0 Å². The SMILES string of the molecule is CC(c1ccon1)N(C)Cc1cc(-c2ccc3c(c2)OCO3)ccc1O. The van der Waals surface area contributed by atoms with Crippen molar-refractivity contribution >= 4 is 0 Å². The number of fused-ring (bicyclic) bond motifs is 1. The largest absolute Gasteiger partial charge is 0.508 e. The quantitative estimate of drug-likeness (QED) is 0.749. The Morgan fingerprint density at radius 3 is 2.65 bits per heavy atom. The van der Waals surface area contributed by atoms with Crippen LogP contribution in [0.2, 0.25) is 0 Å². The highest BCUT2D eigenvalue weighted by molar-refractivity contribution is 5.69. The van der Waals surface area contributed by atoms with Crippen LogP contribution < -0.4 is 9.47 Å². The summed E-state index contributed by atoms with van der Waals surface area (Å²) < 4.78 is 15.7. The van der Waals surface area contributed by atoms with Gasteiger partial charge in [-0.3, -0.25) is 4.90 Å². The zero-order valence-corrected chi connectivity index (χ0v) is 14.7. The van der Waals surface area contributed by atoms with Gasteiger partial charge in [-0.1, -0.05) is 17.3 Å². The zero-order valence-electron chi connectivity index (χ0n) is 14.7. The second kappa shape index (κ2) is 6.72. The Balaban J connectivity index is 1.58. The molecular weight excluding hydrogens is 332 g/mol. The van der Waals surface area contributed by atoms with Crippen LogP contribution in [0.4, 0.5) is 0 Å². The molecule has 1 unspecified atom stereocenters. The number of benzene rings is 2. The first-order valence-electron chi connectivity index (χ1n) is 8.44. The highest BCUT2D eigenvalue weighted by Crippen LogP contribution is 2.37. The van der Waals surface area contributed by atoms with Gasteiger partial charge in [0.15, 0.2) is 11.5 Å². The average molecular weight is 352 g/mol. The van der Waals surface area contributed by atoms with Gasteiger partial charge in [-0.2, -0.15) is 0 Å². The first-order chi connectivity index (χ1) is 12.6. The molecule has 0 spiro atoms. The summed E-state index contributed by atoms with van der Waals surface area (Å²) in [6, 6.07) is 13.4. The van der Waals surface area contributed by atoms with Crippen molar-refractivity contribution in [2.75, 3.05) is 13.8 Å². The van der Waals surface area contributed by atoms with Gasteiger partial charge in [0.05, 0.1) is 6.04 Å². The lowest BCUT2D eigenvalue weighted by Crippen LogP contribution is -2.22. The Hall–Kier alpha value is -2.99. The van der Waals surface area contributed by atoms with Gasteiger partial charge in [0.1, 0.15) is 17.7 Å². The summed E-state index contributed by atoms with van der Waals surface area (Å²) in [5.74, 6) is 1.77. The molecule has 6 heteroatoms. The number of rotatable bonds is 5. The number of ether oxygens (including phenoxy) is 2. The van der Waals surface area contributed by atoms with Gasteiger partial charge in [0.25, 0.3) is 0 Å². The predicted molar refractivity (Wildman–Crippen MR) is 96.1 cm³/mol. The molecular formula is C20H20N2O4. The number of phenolic OH excluding ortho intramolecular Hbond substituents is 1. The van der Waals surface area contributed by atoms with Crippen LogP contribution in [0, 0.1) is 0 Å². The highest BCUT2D eigenvalue weighted by atomic mass is 16.7. The third kappa shape index (κ3) is 3.11. The molecule has 1 aromatic heterocycles. The summed E-state index contributed by atoms with van der Waals surface area (Å²) in [5.41, 5.74) is 3.73. The smallest absolute Gasteiger partial charge is 0.231 e. The molecule has 2 heterocycles. The zero-order chi connectivity index (χ0) is 18.1. The molecule has 1 aliphatic heterocycles. The molecule has 0 aliphatic carbocycles. The lowest BCUT2D eigenvalue weighted by Gasteiger charge is -2.23. The second-order valence-corrected chi connectivity index (χ2v) is 6.43. The summed E-state index contributed by atoms with van der Waals surface area (Å²) >= 11 is 0. The molecule has 3 aromatic rings. The van der Waals surface area contributed by atoms with Crippen LogP contribution in [-0.2, 0) is 6.54 Å². The van der Waals surface area contributed by atoms with Crippen LogP contribution in [0.1, 0.15) is 24.2 Å². The van der Waals surface area contributed by atoms with E-state index in [1.165, 1.54) is 0 Å². The lowest BCUT2D eigenvalue weighted by molar-refractivity contribution is 0.174. The monoisotopic (exact) mass is 352 g/mol. The standard InChI is InChI=1S/C20H20N2O4/c1-13(17-7-8-26-21-17)22(2)11-16-9-14(3-5-18(16)23)15-4-6-19-20(10-15)25-12-24-19/h3-10,13,23H,11-12H2,1-2H3. The number of hydrogen-bond acceptors (Lipinski definition) is 6. The minimum absolute atomic E-state index is 0.0716. The number of aromatic nitrogens is 1. The van der Waals surface area contributed by atoms with E-state index in [1.807, 2.05) is 43.4 Å². The Morgan fingerprint density at radius 2 is 1.85 bits per heavy atom. The third-order valence-corrected chi connectivity index (χ3v) is 4.75. The van der Waals surface area contributed by atoms with Crippen molar-refractivity contribution in [2.24, 2.45) is 0 Å². The van der Waals surface area contributed by atoms with Crippen LogP contribution in [0.25, 0.3) is 11.1 Å². The number of hydrogen-bond donors (Lipinski definition) is 1. The Kier molecular flexibility index (Phi) is 4.26. The number of phenols is 1. The van der Waals surface area contributed by atoms with Gasteiger partial charge in [0, 0.05) is 18.2 Å². The van der Waals surface area contributed by atoms with E-state index < -0.39 is 0 Å². The molecule has 0 saturated heterocycles. The summed E-state index contributed by atoms with van der Waals surface area (Å²) in [4.78, 5) is 2.11. The Morgan fingerprint density at radius 1 is 1.08 bits per heavy atom. The van der Waals surface area contributed by atoms with E-state index in [0.29, 0.717) is 6.54 Å². The van der Waals surface area contributed by atoms with E-state index in [4.69, 9.17) is 14.0 Å². The van der Waals surface area contributed by atoms with Crippen molar-refractivity contribution in [1.82, 2.24) is 10.1 Å². The molecule has 1 N–H and O–H groups in total. The fourth-order valence-corrected chi connectivity index (χ4v) is 3.04. The van der Waals surface area contributed by atoms with E-state index >= 15 is 0 Å². The molecule has 0 fully saturated rings. The molecule has 0 bridgehead atoms. The summed E-state index contributed by atoms with van der Waals surface area (Å²) in [6.45, 7) is 2.89. The predicted octanol–water partition coefficient (Wildman–Crippen LogP) is 3.97. The lowest BCUT2D eigenvalue weighted by atomic mass is 10.0. The van der Waals surface area contributed by atoms with Gasteiger partial charge in [-0.05, 0) is 49.4 Å². The van der Waals surface area contributed by atoms with Crippen LogP contribution in [0.5, 0.6) is 17.2 Å².